The minimum absolute atomic E-state index is 0.0781. The number of benzene rings is 1. The van der Waals surface area contributed by atoms with E-state index in [-0.39, 0.29) is 12.0 Å². The molecule has 5 heteroatoms. The molecule has 1 heterocycles. The number of hydrogen-bond acceptors (Lipinski definition) is 2. The summed E-state index contributed by atoms with van der Waals surface area (Å²) in [6.45, 7) is 0. The zero-order valence-electron chi connectivity index (χ0n) is 9.41. The standard InChI is InChI=1S/C13H11F3N2/c14-10-1-2-12(16)8(3-10)5-13(17)9-4-11(15)7-18-6-9/h1-4,6-7,13H,5,17H2. The van der Waals surface area contributed by atoms with Crippen molar-refractivity contribution in [3.63, 3.8) is 0 Å². The molecule has 2 rings (SSSR count). The third kappa shape index (κ3) is 2.87. The molecule has 2 aromatic rings. The molecule has 1 atom stereocenters. The summed E-state index contributed by atoms with van der Waals surface area (Å²) in [6.07, 6.45) is 2.54. The Hall–Kier alpha value is -1.88. The number of pyridine rings is 1. The lowest BCUT2D eigenvalue weighted by atomic mass is 10.0. The summed E-state index contributed by atoms with van der Waals surface area (Å²) in [4.78, 5) is 3.66. The van der Waals surface area contributed by atoms with Crippen LogP contribution in [0, 0.1) is 17.5 Å². The van der Waals surface area contributed by atoms with Gasteiger partial charge >= 0.3 is 0 Å². The van der Waals surface area contributed by atoms with Crippen LogP contribution in [-0.2, 0) is 6.42 Å². The fraction of sp³-hybridized carbons (Fsp3) is 0.154. The van der Waals surface area contributed by atoms with Gasteiger partial charge in [-0.2, -0.15) is 0 Å². The van der Waals surface area contributed by atoms with Crippen LogP contribution in [0.3, 0.4) is 0 Å². The lowest BCUT2D eigenvalue weighted by molar-refractivity contribution is 0.569. The maximum absolute atomic E-state index is 13.4. The Morgan fingerprint density at radius 2 is 1.83 bits per heavy atom. The first-order valence-corrected chi connectivity index (χ1v) is 5.36. The maximum atomic E-state index is 13.4. The van der Waals surface area contributed by atoms with Gasteiger partial charge in [-0.25, -0.2) is 13.2 Å². The molecule has 0 aliphatic carbocycles. The van der Waals surface area contributed by atoms with Crippen molar-refractivity contribution in [1.29, 1.82) is 0 Å². The molecule has 0 aliphatic rings. The summed E-state index contributed by atoms with van der Waals surface area (Å²) in [5, 5.41) is 0. The summed E-state index contributed by atoms with van der Waals surface area (Å²) in [5.41, 5.74) is 6.42. The second-order valence-corrected chi connectivity index (χ2v) is 3.98. The van der Waals surface area contributed by atoms with Crippen molar-refractivity contribution in [1.82, 2.24) is 4.98 Å². The number of rotatable bonds is 3. The van der Waals surface area contributed by atoms with E-state index in [1.807, 2.05) is 0 Å². The van der Waals surface area contributed by atoms with Gasteiger partial charge in [0.25, 0.3) is 0 Å². The number of halogens is 3. The zero-order chi connectivity index (χ0) is 13.1. The summed E-state index contributed by atoms with van der Waals surface area (Å²) in [7, 11) is 0. The van der Waals surface area contributed by atoms with Crippen LogP contribution in [0.4, 0.5) is 13.2 Å². The van der Waals surface area contributed by atoms with Crippen LogP contribution in [0.1, 0.15) is 17.2 Å². The van der Waals surface area contributed by atoms with Crippen molar-refractivity contribution in [2.45, 2.75) is 12.5 Å². The Bertz CT molecular complexity index is 558. The van der Waals surface area contributed by atoms with E-state index in [2.05, 4.69) is 4.98 Å². The second-order valence-electron chi connectivity index (χ2n) is 3.98. The normalized spacial score (nSPS) is 12.4. The molecule has 0 bridgehead atoms. The zero-order valence-corrected chi connectivity index (χ0v) is 9.41. The molecule has 0 amide bonds. The number of nitrogens with zero attached hydrogens (tertiary/aromatic N) is 1. The first-order valence-electron chi connectivity index (χ1n) is 5.36. The highest BCUT2D eigenvalue weighted by molar-refractivity contribution is 5.23. The monoisotopic (exact) mass is 252 g/mol. The average molecular weight is 252 g/mol. The highest BCUT2D eigenvalue weighted by atomic mass is 19.1. The van der Waals surface area contributed by atoms with Crippen molar-refractivity contribution < 1.29 is 13.2 Å². The van der Waals surface area contributed by atoms with E-state index in [0.717, 1.165) is 24.4 Å². The number of nitrogens with two attached hydrogens (primary N) is 1. The highest BCUT2D eigenvalue weighted by Crippen LogP contribution is 2.19. The van der Waals surface area contributed by atoms with Crippen molar-refractivity contribution >= 4 is 0 Å². The lowest BCUT2D eigenvalue weighted by Gasteiger charge is -2.12. The highest BCUT2D eigenvalue weighted by Gasteiger charge is 2.12. The number of aromatic nitrogens is 1. The quantitative estimate of drug-likeness (QED) is 0.912. The Kier molecular flexibility index (Phi) is 3.62. The van der Waals surface area contributed by atoms with Gasteiger partial charge in [0.1, 0.15) is 17.5 Å². The van der Waals surface area contributed by atoms with Gasteiger partial charge in [-0.05, 0) is 41.8 Å². The van der Waals surface area contributed by atoms with Crippen LogP contribution in [0.25, 0.3) is 0 Å². The van der Waals surface area contributed by atoms with E-state index in [1.54, 1.807) is 0 Å². The van der Waals surface area contributed by atoms with Gasteiger partial charge in [0, 0.05) is 12.2 Å². The second kappa shape index (κ2) is 5.18. The molecule has 18 heavy (non-hydrogen) atoms. The van der Waals surface area contributed by atoms with Crippen molar-refractivity contribution in [3.05, 3.63) is 65.2 Å². The minimum Gasteiger partial charge on any atom is -0.324 e. The van der Waals surface area contributed by atoms with Crippen LogP contribution < -0.4 is 5.73 Å². The fourth-order valence-corrected chi connectivity index (χ4v) is 1.69. The van der Waals surface area contributed by atoms with E-state index in [0.29, 0.717) is 5.56 Å². The van der Waals surface area contributed by atoms with Crippen LogP contribution in [0.2, 0.25) is 0 Å². The van der Waals surface area contributed by atoms with Gasteiger partial charge in [0.05, 0.1) is 6.20 Å². The molecule has 2 nitrogen and oxygen atoms in total. The summed E-state index contributed by atoms with van der Waals surface area (Å²) >= 11 is 0. The topological polar surface area (TPSA) is 38.9 Å². The van der Waals surface area contributed by atoms with Crippen LogP contribution >= 0.6 is 0 Å². The SMILES string of the molecule is NC(Cc1cc(F)ccc1F)c1cncc(F)c1. The summed E-state index contributed by atoms with van der Waals surface area (Å²) < 4.78 is 39.4. The smallest absolute Gasteiger partial charge is 0.141 e. The molecule has 0 fully saturated rings. The third-order valence-electron chi connectivity index (χ3n) is 2.60. The van der Waals surface area contributed by atoms with Gasteiger partial charge in [-0.1, -0.05) is 0 Å². The van der Waals surface area contributed by atoms with Gasteiger partial charge in [0.2, 0.25) is 0 Å². The molecule has 94 valence electrons. The molecular weight excluding hydrogens is 241 g/mol. The molecular formula is C13H11F3N2. The van der Waals surface area contributed by atoms with E-state index in [4.69, 9.17) is 5.73 Å². The summed E-state index contributed by atoms with van der Waals surface area (Å²) in [5.74, 6) is -1.57. The molecule has 2 N–H and O–H groups in total. The molecule has 0 saturated carbocycles. The van der Waals surface area contributed by atoms with Crippen LogP contribution in [0.15, 0.2) is 36.7 Å². The Morgan fingerprint density at radius 1 is 1.06 bits per heavy atom. The van der Waals surface area contributed by atoms with E-state index >= 15 is 0 Å². The molecule has 1 unspecified atom stereocenters. The molecule has 1 aromatic carbocycles. The summed E-state index contributed by atoms with van der Waals surface area (Å²) in [6, 6.07) is 3.76. The Morgan fingerprint density at radius 3 is 2.56 bits per heavy atom. The molecule has 1 aromatic heterocycles. The van der Waals surface area contributed by atoms with Crippen LogP contribution in [0.5, 0.6) is 0 Å². The van der Waals surface area contributed by atoms with Gasteiger partial charge in [-0.15, -0.1) is 0 Å². The number of hydrogen-bond donors (Lipinski definition) is 1. The largest absolute Gasteiger partial charge is 0.324 e. The van der Waals surface area contributed by atoms with E-state index < -0.39 is 23.5 Å². The van der Waals surface area contributed by atoms with Crippen molar-refractivity contribution in [2.75, 3.05) is 0 Å². The minimum atomic E-state index is -0.635. The molecule has 0 radical (unpaired) electrons. The molecule has 0 spiro atoms. The predicted octanol–water partition coefficient (Wildman–Crippen LogP) is 2.74. The first-order chi connectivity index (χ1) is 8.56. The van der Waals surface area contributed by atoms with E-state index in [1.165, 1.54) is 12.3 Å². The van der Waals surface area contributed by atoms with Crippen molar-refractivity contribution in [3.8, 4) is 0 Å². The molecule has 0 aliphatic heterocycles. The fourth-order valence-electron chi connectivity index (χ4n) is 1.69. The van der Waals surface area contributed by atoms with Crippen LogP contribution in [-0.4, -0.2) is 4.98 Å². The first kappa shape index (κ1) is 12.6. The molecule has 0 saturated heterocycles. The van der Waals surface area contributed by atoms with Gasteiger partial charge in [-0.3, -0.25) is 4.98 Å². The third-order valence-corrected chi connectivity index (χ3v) is 2.60. The average Bonchev–Trinajstić information content (AvgIpc) is 2.34. The lowest BCUT2D eigenvalue weighted by Crippen LogP contribution is -2.14. The van der Waals surface area contributed by atoms with Crippen molar-refractivity contribution in [2.24, 2.45) is 5.73 Å². The Labute approximate surface area is 102 Å². The van der Waals surface area contributed by atoms with Gasteiger partial charge in [0.15, 0.2) is 0 Å². The van der Waals surface area contributed by atoms with Gasteiger partial charge < -0.3 is 5.73 Å². The predicted molar refractivity (Wildman–Crippen MR) is 61.2 cm³/mol. The van der Waals surface area contributed by atoms with E-state index in [9.17, 15) is 13.2 Å². The Balaban J connectivity index is 2.21. The maximum Gasteiger partial charge on any atom is 0.141 e.